The highest BCUT2D eigenvalue weighted by Gasteiger charge is 2.19. The van der Waals surface area contributed by atoms with Crippen molar-refractivity contribution in [1.82, 2.24) is 15.5 Å². The van der Waals surface area contributed by atoms with Crippen LogP contribution in [0.4, 0.5) is 0 Å². The molecule has 0 saturated carbocycles. The van der Waals surface area contributed by atoms with Gasteiger partial charge in [-0.25, -0.2) is 0 Å². The van der Waals surface area contributed by atoms with E-state index in [1.54, 1.807) is 4.90 Å². The number of unbranched alkanes of at least 4 members (excludes halogenated alkanes) is 2. The number of rotatable bonds is 16. The summed E-state index contributed by atoms with van der Waals surface area (Å²) >= 11 is 0. The minimum Gasteiger partial charge on any atom is -0.349 e. The molecule has 0 spiro atoms. The fraction of sp³-hybridized carbons (Fsp3) is 0.950. The van der Waals surface area contributed by atoms with E-state index in [1.807, 2.05) is 27.9 Å². The van der Waals surface area contributed by atoms with Crippen molar-refractivity contribution >= 4 is 5.91 Å². The molecule has 0 rings (SSSR count). The minimum atomic E-state index is 0.161. The zero-order valence-corrected chi connectivity index (χ0v) is 17.7. The Labute approximate surface area is 157 Å². The van der Waals surface area contributed by atoms with Crippen molar-refractivity contribution in [2.75, 3.05) is 46.8 Å². The average Bonchev–Trinajstić information content (AvgIpc) is 2.62. The zero-order valence-electron chi connectivity index (χ0n) is 17.7. The number of hydrogen-bond acceptors (Lipinski definition) is 4. The Kier molecular flexibility index (Phi) is 22.7. The van der Waals surface area contributed by atoms with E-state index in [9.17, 15) is 4.79 Å². The number of nitrogens with one attached hydrogen (secondary N) is 2. The van der Waals surface area contributed by atoms with Crippen LogP contribution in [0, 0.1) is 5.92 Å². The predicted octanol–water partition coefficient (Wildman–Crippen LogP) is 3.00. The van der Waals surface area contributed by atoms with Crippen LogP contribution >= 0.6 is 0 Å². The monoisotopic (exact) mass is 358 g/mol. The summed E-state index contributed by atoms with van der Waals surface area (Å²) in [5.74, 6) is 0.427. The second kappa shape index (κ2) is 21.4. The molecule has 0 aliphatic carbocycles. The molecule has 0 heterocycles. The summed E-state index contributed by atoms with van der Waals surface area (Å²) in [6.07, 6.45) is 8.76. The van der Waals surface area contributed by atoms with Crippen molar-refractivity contribution in [3.8, 4) is 0 Å². The molecule has 0 saturated heterocycles. The van der Waals surface area contributed by atoms with Crippen molar-refractivity contribution in [3.05, 3.63) is 0 Å². The van der Waals surface area contributed by atoms with Gasteiger partial charge < -0.3 is 21.3 Å². The Hall–Kier alpha value is -0.650. The number of carbonyl (C=O) groups is 1. The zero-order chi connectivity index (χ0) is 19.3. The Morgan fingerprint density at radius 3 is 1.92 bits per heavy atom. The molecule has 1 amide bonds. The lowest BCUT2D eigenvalue weighted by atomic mass is 9.95. The highest BCUT2D eigenvalue weighted by Crippen LogP contribution is 2.16. The first-order valence-electron chi connectivity index (χ1n) is 10.5. The van der Waals surface area contributed by atoms with Crippen LogP contribution in [0.15, 0.2) is 0 Å². The molecule has 0 aromatic heterocycles. The first-order valence-corrected chi connectivity index (χ1v) is 10.5. The van der Waals surface area contributed by atoms with E-state index in [0.29, 0.717) is 0 Å². The quantitative estimate of drug-likeness (QED) is 0.371. The van der Waals surface area contributed by atoms with Gasteiger partial charge in [0.15, 0.2) is 0 Å². The Morgan fingerprint density at radius 2 is 1.40 bits per heavy atom. The number of amides is 1. The molecule has 5 nitrogen and oxygen atoms in total. The fourth-order valence-corrected chi connectivity index (χ4v) is 2.66. The first-order chi connectivity index (χ1) is 12.1. The molecule has 0 aromatic rings. The molecule has 1 unspecified atom stereocenters. The minimum absolute atomic E-state index is 0.161. The summed E-state index contributed by atoms with van der Waals surface area (Å²) in [5.41, 5.74) is 5.55. The summed E-state index contributed by atoms with van der Waals surface area (Å²) in [5, 5.41) is 6.93. The normalized spacial score (nSPS) is 11.6. The van der Waals surface area contributed by atoms with Gasteiger partial charge in [0.05, 0.1) is 0 Å². The van der Waals surface area contributed by atoms with Crippen LogP contribution in [-0.4, -0.2) is 57.6 Å². The van der Waals surface area contributed by atoms with E-state index in [2.05, 4.69) is 17.6 Å². The average molecular weight is 359 g/mol. The molecule has 5 heteroatoms. The largest absolute Gasteiger partial charge is 0.349 e. The lowest BCUT2D eigenvalue weighted by Gasteiger charge is -2.20. The number of hydrogen-bond donors (Lipinski definition) is 3. The van der Waals surface area contributed by atoms with Crippen molar-refractivity contribution in [2.24, 2.45) is 11.7 Å². The SMILES string of the molecule is CC.CCCCNCCCNCCCC(CCCCN)C(=O)N(C)C. The lowest BCUT2D eigenvalue weighted by molar-refractivity contribution is -0.133. The third kappa shape index (κ3) is 18.0. The van der Waals surface area contributed by atoms with E-state index in [0.717, 1.165) is 64.8 Å². The maximum atomic E-state index is 12.2. The smallest absolute Gasteiger partial charge is 0.225 e. The van der Waals surface area contributed by atoms with Gasteiger partial charge in [0, 0.05) is 20.0 Å². The Bertz CT molecular complexity index is 272. The summed E-state index contributed by atoms with van der Waals surface area (Å²) < 4.78 is 0. The standard InChI is InChI=1S/C18H40N4O.C2H6/c1-4-5-13-20-15-9-16-21-14-8-11-17(10-6-7-12-19)18(23)22(2)3;1-2/h17,20-21H,4-16,19H2,1-3H3;1-2H3. The van der Waals surface area contributed by atoms with Crippen molar-refractivity contribution in [2.45, 2.75) is 72.1 Å². The van der Waals surface area contributed by atoms with Gasteiger partial charge in [-0.3, -0.25) is 4.79 Å². The van der Waals surface area contributed by atoms with E-state index in [1.165, 1.54) is 19.3 Å². The van der Waals surface area contributed by atoms with Gasteiger partial charge in [0.25, 0.3) is 0 Å². The predicted molar refractivity (Wildman–Crippen MR) is 111 cm³/mol. The lowest BCUT2D eigenvalue weighted by Crippen LogP contribution is -2.30. The second-order valence-corrected chi connectivity index (χ2v) is 6.56. The van der Waals surface area contributed by atoms with Gasteiger partial charge in [-0.05, 0) is 71.2 Å². The van der Waals surface area contributed by atoms with Gasteiger partial charge in [0.2, 0.25) is 5.91 Å². The van der Waals surface area contributed by atoms with Gasteiger partial charge in [-0.2, -0.15) is 0 Å². The molecule has 152 valence electrons. The van der Waals surface area contributed by atoms with Gasteiger partial charge in [-0.15, -0.1) is 0 Å². The highest BCUT2D eigenvalue weighted by atomic mass is 16.2. The fourth-order valence-electron chi connectivity index (χ4n) is 2.66. The molecule has 0 radical (unpaired) electrons. The highest BCUT2D eigenvalue weighted by molar-refractivity contribution is 5.78. The summed E-state index contributed by atoms with van der Waals surface area (Å²) in [6, 6.07) is 0. The van der Waals surface area contributed by atoms with E-state index < -0.39 is 0 Å². The maximum absolute atomic E-state index is 12.2. The molecule has 0 fully saturated rings. The molecule has 25 heavy (non-hydrogen) atoms. The maximum Gasteiger partial charge on any atom is 0.225 e. The van der Waals surface area contributed by atoms with Gasteiger partial charge in [-0.1, -0.05) is 33.6 Å². The summed E-state index contributed by atoms with van der Waals surface area (Å²) in [7, 11) is 3.70. The van der Waals surface area contributed by atoms with Crippen LogP contribution in [-0.2, 0) is 4.79 Å². The molecular weight excluding hydrogens is 312 g/mol. The number of nitrogens with zero attached hydrogens (tertiary/aromatic N) is 1. The topological polar surface area (TPSA) is 70.4 Å². The van der Waals surface area contributed by atoms with Crippen molar-refractivity contribution in [1.29, 1.82) is 0 Å². The van der Waals surface area contributed by atoms with Crippen LogP contribution < -0.4 is 16.4 Å². The second-order valence-electron chi connectivity index (χ2n) is 6.56. The molecular formula is C20H46N4O. The third-order valence-corrected chi connectivity index (χ3v) is 4.12. The molecule has 0 aliphatic rings. The van der Waals surface area contributed by atoms with E-state index in [4.69, 9.17) is 5.73 Å². The van der Waals surface area contributed by atoms with E-state index in [-0.39, 0.29) is 11.8 Å². The molecule has 1 atom stereocenters. The molecule has 4 N–H and O–H groups in total. The van der Waals surface area contributed by atoms with Crippen LogP contribution in [0.3, 0.4) is 0 Å². The summed E-state index contributed by atoms with van der Waals surface area (Å²) in [4.78, 5) is 13.9. The summed E-state index contributed by atoms with van der Waals surface area (Å²) in [6.45, 7) is 11.2. The molecule has 0 bridgehead atoms. The van der Waals surface area contributed by atoms with Crippen molar-refractivity contribution in [3.63, 3.8) is 0 Å². The van der Waals surface area contributed by atoms with Crippen LogP contribution in [0.2, 0.25) is 0 Å². The first kappa shape index (κ1) is 26.6. The number of nitrogens with two attached hydrogens (primary N) is 1. The Morgan fingerprint density at radius 1 is 0.880 bits per heavy atom. The van der Waals surface area contributed by atoms with Crippen molar-refractivity contribution < 1.29 is 4.79 Å². The third-order valence-electron chi connectivity index (χ3n) is 4.12. The van der Waals surface area contributed by atoms with Crippen LogP contribution in [0.5, 0.6) is 0 Å². The number of carbonyl (C=O) groups excluding carboxylic acids is 1. The van der Waals surface area contributed by atoms with Crippen LogP contribution in [0.1, 0.15) is 72.1 Å². The van der Waals surface area contributed by atoms with Gasteiger partial charge >= 0.3 is 0 Å². The molecule has 0 aliphatic heterocycles. The van der Waals surface area contributed by atoms with Gasteiger partial charge in [0.1, 0.15) is 0 Å². The van der Waals surface area contributed by atoms with Crippen LogP contribution in [0.25, 0.3) is 0 Å². The Balaban J connectivity index is 0. The molecule has 0 aromatic carbocycles. The van der Waals surface area contributed by atoms with E-state index >= 15 is 0 Å².